The molecule has 0 aromatic heterocycles. The Kier molecular flexibility index (Phi) is 9.93. The highest BCUT2D eigenvalue weighted by Crippen LogP contribution is 1.81. The zero-order valence-electron chi connectivity index (χ0n) is 4.73. The van der Waals surface area contributed by atoms with Crippen molar-refractivity contribution in [1.82, 2.24) is 0 Å². The summed E-state index contributed by atoms with van der Waals surface area (Å²) in [7, 11) is 0. The van der Waals surface area contributed by atoms with Gasteiger partial charge >= 0.3 is 5.97 Å². The molecule has 0 aliphatic carbocycles. The SMILES string of the molecule is C=C(C)C(=O)O.ClOCl. The molecule has 3 nitrogen and oxygen atoms in total. The second kappa shape index (κ2) is 7.75. The van der Waals surface area contributed by atoms with Crippen LogP contribution >= 0.6 is 23.7 Å². The summed E-state index contributed by atoms with van der Waals surface area (Å²) < 4.78 is 3.19. The Balaban J connectivity index is 0. The summed E-state index contributed by atoms with van der Waals surface area (Å²) in [6.07, 6.45) is 0. The number of halogens is 2. The van der Waals surface area contributed by atoms with Crippen LogP contribution in [0.1, 0.15) is 6.92 Å². The van der Waals surface area contributed by atoms with Crippen molar-refractivity contribution in [2.24, 2.45) is 0 Å². The minimum atomic E-state index is -0.935. The van der Waals surface area contributed by atoms with Gasteiger partial charge in [-0.2, -0.15) is 3.84 Å². The maximum Gasteiger partial charge on any atom is 0.330 e. The molecule has 0 aliphatic rings. The van der Waals surface area contributed by atoms with Gasteiger partial charge in [0.25, 0.3) is 0 Å². The smallest absolute Gasteiger partial charge is 0.330 e. The highest BCUT2D eigenvalue weighted by Gasteiger charge is 1.90. The zero-order valence-corrected chi connectivity index (χ0v) is 6.24. The van der Waals surface area contributed by atoms with E-state index in [1.165, 1.54) is 6.92 Å². The van der Waals surface area contributed by atoms with Crippen LogP contribution < -0.4 is 0 Å². The van der Waals surface area contributed by atoms with Gasteiger partial charge in [0.2, 0.25) is 0 Å². The third-order valence-corrected chi connectivity index (χ3v) is 0.365. The third-order valence-electron chi connectivity index (χ3n) is 0.365. The molecule has 0 aromatic rings. The number of carboxylic acid groups (broad SMARTS) is 1. The maximum atomic E-state index is 9.60. The van der Waals surface area contributed by atoms with Crippen LogP contribution in [0.4, 0.5) is 0 Å². The van der Waals surface area contributed by atoms with E-state index in [2.05, 4.69) is 34.2 Å². The second-order valence-corrected chi connectivity index (χ2v) is 1.61. The number of rotatable bonds is 1. The summed E-state index contributed by atoms with van der Waals surface area (Å²) in [5.74, 6) is -0.935. The van der Waals surface area contributed by atoms with Gasteiger partial charge in [-0.1, -0.05) is 6.58 Å². The van der Waals surface area contributed by atoms with Crippen LogP contribution in [0.15, 0.2) is 12.2 Å². The van der Waals surface area contributed by atoms with Crippen molar-refractivity contribution >= 4 is 29.7 Å². The monoisotopic (exact) mass is 172 g/mol. The van der Waals surface area contributed by atoms with Crippen LogP contribution in [0.3, 0.4) is 0 Å². The molecule has 0 amide bonds. The summed E-state index contributed by atoms with van der Waals surface area (Å²) in [4.78, 5) is 9.60. The van der Waals surface area contributed by atoms with E-state index in [-0.39, 0.29) is 5.57 Å². The van der Waals surface area contributed by atoms with Gasteiger partial charge in [-0.05, 0) is 6.92 Å². The molecule has 0 saturated carbocycles. The van der Waals surface area contributed by atoms with Gasteiger partial charge in [-0.15, -0.1) is 0 Å². The van der Waals surface area contributed by atoms with Crippen molar-refractivity contribution in [2.45, 2.75) is 6.92 Å². The lowest BCUT2D eigenvalue weighted by Gasteiger charge is -1.79. The molecule has 54 valence electrons. The Morgan fingerprint density at radius 3 is 1.78 bits per heavy atom. The van der Waals surface area contributed by atoms with Crippen LogP contribution in [0.2, 0.25) is 0 Å². The van der Waals surface area contributed by atoms with Gasteiger partial charge in [0, 0.05) is 5.57 Å². The summed E-state index contributed by atoms with van der Waals surface area (Å²) in [5, 5.41) is 7.89. The first-order valence-electron chi connectivity index (χ1n) is 1.84. The first-order valence-corrected chi connectivity index (χ1v) is 2.46. The predicted octanol–water partition coefficient (Wildman–Crippen LogP) is 1.96. The average Bonchev–Trinajstić information content (AvgIpc) is 1.68. The first kappa shape index (κ1) is 11.5. The Morgan fingerprint density at radius 1 is 1.67 bits per heavy atom. The Morgan fingerprint density at radius 2 is 1.78 bits per heavy atom. The van der Waals surface area contributed by atoms with E-state index in [0.29, 0.717) is 0 Å². The van der Waals surface area contributed by atoms with Crippen molar-refractivity contribution in [3.05, 3.63) is 12.2 Å². The predicted molar refractivity (Wildman–Crippen MR) is 35.2 cm³/mol. The molecule has 0 radical (unpaired) electrons. The molecule has 1 N–H and O–H groups in total. The van der Waals surface area contributed by atoms with Gasteiger partial charge < -0.3 is 5.11 Å². The molecular weight excluding hydrogens is 167 g/mol. The van der Waals surface area contributed by atoms with Gasteiger partial charge in [0.1, 0.15) is 0 Å². The van der Waals surface area contributed by atoms with Crippen LogP contribution in [0.25, 0.3) is 0 Å². The topological polar surface area (TPSA) is 46.5 Å². The van der Waals surface area contributed by atoms with E-state index in [9.17, 15) is 4.79 Å². The van der Waals surface area contributed by atoms with Crippen molar-refractivity contribution in [3.63, 3.8) is 0 Å². The fourth-order valence-electron chi connectivity index (χ4n) is 0. The van der Waals surface area contributed by atoms with E-state index in [0.717, 1.165) is 0 Å². The van der Waals surface area contributed by atoms with E-state index < -0.39 is 5.97 Å². The molecule has 0 bridgehead atoms. The molecule has 0 fully saturated rings. The third kappa shape index (κ3) is 18.2. The highest BCUT2D eigenvalue weighted by atomic mass is 35.6. The Hall–Kier alpha value is -0.250. The maximum absolute atomic E-state index is 9.60. The lowest BCUT2D eigenvalue weighted by atomic mass is 10.4. The summed E-state index contributed by atoms with van der Waals surface area (Å²) in [6, 6.07) is 0. The van der Waals surface area contributed by atoms with Crippen LogP contribution in [0.5, 0.6) is 0 Å². The molecule has 0 heterocycles. The number of hydrogen-bond acceptors (Lipinski definition) is 2. The largest absolute Gasteiger partial charge is 0.478 e. The molecule has 9 heavy (non-hydrogen) atoms. The van der Waals surface area contributed by atoms with Gasteiger partial charge in [0.15, 0.2) is 0 Å². The van der Waals surface area contributed by atoms with Crippen molar-refractivity contribution in [3.8, 4) is 0 Å². The molecule has 0 spiro atoms. The average molecular weight is 173 g/mol. The molecule has 0 unspecified atom stereocenters. The van der Waals surface area contributed by atoms with Gasteiger partial charge in [-0.25, -0.2) is 4.79 Å². The number of hydrogen-bond donors (Lipinski definition) is 1. The fraction of sp³-hybridized carbons (Fsp3) is 0.250. The molecular formula is C4H6Cl2O3. The summed E-state index contributed by atoms with van der Waals surface area (Å²) >= 11 is 8.53. The zero-order chi connectivity index (χ0) is 7.86. The number of carboxylic acids is 1. The minimum absolute atomic E-state index is 0.176. The van der Waals surface area contributed by atoms with Crippen molar-refractivity contribution in [1.29, 1.82) is 0 Å². The molecule has 0 saturated heterocycles. The van der Waals surface area contributed by atoms with Gasteiger partial charge in [0.05, 0.1) is 23.7 Å². The van der Waals surface area contributed by atoms with Gasteiger partial charge in [-0.3, -0.25) is 0 Å². The molecule has 0 aliphatic heterocycles. The first-order chi connectivity index (χ1) is 4.06. The lowest BCUT2D eigenvalue weighted by Crippen LogP contribution is -1.92. The fourth-order valence-corrected chi connectivity index (χ4v) is 0. The molecule has 0 atom stereocenters. The second-order valence-electron chi connectivity index (χ2n) is 1.14. The molecule has 0 rings (SSSR count). The Bertz CT molecular complexity index is 90.0. The minimum Gasteiger partial charge on any atom is -0.478 e. The van der Waals surface area contributed by atoms with E-state index in [1.54, 1.807) is 0 Å². The number of aliphatic carboxylic acids is 1. The van der Waals surface area contributed by atoms with Crippen LogP contribution in [-0.4, -0.2) is 11.1 Å². The normalized spacial score (nSPS) is 7.00. The van der Waals surface area contributed by atoms with Crippen LogP contribution in [0, 0.1) is 0 Å². The summed E-state index contributed by atoms with van der Waals surface area (Å²) in [5.41, 5.74) is 0.176. The Labute approximate surface area is 63.2 Å². The van der Waals surface area contributed by atoms with E-state index in [1.807, 2.05) is 0 Å². The van der Waals surface area contributed by atoms with Crippen molar-refractivity contribution in [2.75, 3.05) is 0 Å². The van der Waals surface area contributed by atoms with Crippen LogP contribution in [-0.2, 0) is 8.64 Å². The molecule has 0 aromatic carbocycles. The summed E-state index contributed by atoms with van der Waals surface area (Å²) in [6.45, 7) is 4.60. The quantitative estimate of drug-likeness (QED) is 0.616. The lowest BCUT2D eigenvalue weighted by molar-refractivity contribution is -0.132. The highest BCUT2D eigenvalue weighted by molar-refractivity contribution is 6.24. The molecule has 5 heteroatoms. The van der Waals surface area contributed by atoms with E-state index >= 15 is 0 Å². The van der Waals surface area contributed by atoms with Crippen molar-refractivity contribution < 1.29 is 13.7 Å². The van der Waals surface area contributed by atoms with E-state index in [4.69, 9.17) is 5.11 Å². The standard InChI is InChI=1S/C4H6O2.Cl2O/c1-3(2)4(5)6;1-3-2/h1H2,2H3,(H,5,6);. The number of carbonyl (C=O) groups is 1.